The predicted octanol–water partition coefficient (Wildman–Crippen LogP) is 19.5. The van der Waals surface area contributed by atoms with Gasteiger partial charge in [-0.15, -0.1) is 0 Å². The third-order valence-electron chi connectivity index (χ3n) is 16.3. The molecule has 0 unspecified atom stereocenters. The Bertz CT molecular complexity index is 2650. The van der Waals surface area contributed by atoms with Gasteiger partial charge >= 0.3 is 0 Å². The SMILES string of the molecule is C=C1\C=C/C(/C=C/c2ccc(N(c3ccc(/C=C/c4ccc5c(c4)C(C)(C)CCC5(C)C)cc3)c3ccc(/C=C/c4ccc5c(c4)C(C)(C)CCC5(C)C)cc3)cc2)=C\CC(C)(C)CCC1(C)C. The van der Waals surface area contributed by atoms with E-state index in [0.717, 1.165) is 29.9 Å². The zero-order chi connectivity index (χ0) is 48.7. The van der Waals surface area contributed by atoms with Crippen LogP contribution in [0.1, 0.15) is 178 Å². The van der Waals surface area contributed by atoms with Gasteiger partial charge in [-0.2, -0.15) is 0 Å². The standard InChI is InChI=1S/C67H79N/c1-48-14-15-52(38-39-62(2,3)40-41-63(48,4)5)17-16-49-22-30-55(31-23-49)68(56-32-24-50(25-33-56)18-20-53-28-36-58-60(46-53)66(10,11)44-42-64(58,6)7)57-34-26-51(27-35-57)19-21-54-29-37-59-61(47-54)67(12,13)45-43-65(59,8)9/h14-38,46-47H,1,39-45H2,2-13H3/b15-14-,17-16+,20-18+,21-19+,52-38+. The summed E-state index contributed by atoms with van der Waals surface area (Å²) in [5.41, 5.74) is 18.9. The average Bonchev–Trinajstić information content (AvgIpc) is 3.31. The Labute approximate surface area is 412 Å². The van der Waals surface area contributed by atoms with E-state index in [2.05, 4.69) is 258 Å². The van der Waals surface area contributed by atoms with Gasteiger partial charge < -0.3 is 4.90 Å². The highest BCUT2D eigenvalue weighted by Gasteiger charge is 2.38. The molecule has 0 N–H and O–H groups in total. The molecule has 0 atom stereocenters. The molecule has 1 nitrogen and oxygen atoms in total. The van der Waals surface area contributed by atoms with Gasteiger partial charge in [0.15, 0.2) is 0 Å². The number of anilines is 3. The maximum absolute atomic E-state index is 4.46. The molecular formula is C67H79N. The van der Waals surface area contributed by atoms with Crippen molar-refractivity contribution < 1.29 is 0 Å². The second kappa shape index (κ2) is 18.7. The van der Waals surface area contributed by atoms with Gasteiger partial charge in [-0.25, -0.2) is 0 Å². The van der Waals surface area contributed by atoms with Gasteiger partial charge in [0.05, 0.1) is 0 Å². The van der Waals surface area contributed by atoms with Crippen LogP contribution in [0, 0.1) is 10.8 Å². The van der Waals surface area contributed by atoms with Crippen molar-refractivity contribution >= 4 is 47.4 Å². The minimum Gasteiger partial charge on any atom is -0.311 e. The lowest BCUT2D eigenvalue weighted by Crippen LogP contribution is -2.33. The Morgan fingerprint density at radius 2 is 0.706 bits per heavy atom. The van der Waals surface area contributed by atoms with Crippen molar-refractivity contribution in [1.82, 2.24) is 0 Å². The van der Waals surface area contributed by atoms with E-state index in [1.165, 1.54) is 93.3 Å². The summed E-state index contributed by atoms with van der Waals surface area (Å²) in [6.45, 7) is 33.1. The smallest absolute Gasteiger partial charge is 0.0462 e. The van der Waals surface area contributed by atoms with E-state index < -0.39 is 0 Å². The van der Waals surface area contributed by atoms with Crippen molar-refractivity contribution in [2.24, 2.45) is 10.8 Å². The number of hydrogen-bond acceptors (Lipinski definition) is 1. The number of nitrogens with zero attached hydrogens (tertiary/aromatic N) is 1. The van der Waals surface area contributed by atoms with E-state index in [4.69, 9.17) is 0 Å². The first-order valence-corrected chi connectivity index (χ1v) is 25.5. The predicted molar refractivity (Wildman–Crippen MR) is 299 cm³/mol. The van der Waals surface area contributed by atoms with Gasteiger partial charge in [-0.05, 0) is 175 Å². The Hall–Kier alpha value is -5.66. The van der Waals surface area contributed by atoms with Crippen LogP contribution >= 0.6 is 0 Å². The van der Waals surface area contributed by atoms with Gasteiger partial charge in [0.1, 0.15) is 0 Å². The minimum atomic E-state index is 0.0874. The maximum atomic E-state index is 4.46. The average molecular weight is 898 g/mol. The van der Waals surface area contributed by atoms with Crippen molar-refractivity contribution in [3.05, 3.63) is 201 Å². The zero-order valence-electron chi connectivity index (χ0n) is 43.7. The highest BCUT2D eigenvalue weighted by Crippen LogP contribution is 2.48. The number of fused-ring (bicyclic) bond motifs is 2. The third-order valence-corrected chi connectivity index (χ3v) is 16.3. The fraction of sp³-hybridized carbons (Fsp3) is 0.373. The molecule has 1 heteroatoms. The lowest BCUT2D eigenvalue weighted by molar-refractivity contribution is 0.271. The van der Waals surface area contributed by atoms with Gasteiger partial charge in [-0.3, -0.25) is 0 Å². The van der Waals surface area contributed by atoms with E-state index in [1.54, 1.807) is 0 Å². The molecule has 0 spiro atoms. The molecule has 0 aromatic heterocycles. The first-order valence-electron chi connectivity index (χ1n) is 25.5. The summed E-state index contributed by atoms with van der Waals surface area (Å²) in [4.78, 5) is 2.37. The van der Waals surface area contributed by atoms with Crippen LogP contribution in [-0.2, 0) is 21.7 Å². The maximum Gasteiger partial charge on any atom is 0.0462 e. The van der Waals surface area contributed by atoms with E-state index in [0.29, 0.717) is 0 Å². The van der Waals surface area contributed by atoms with Crippen LogP contribution in [0.3, 0.4) is 0 Å². The summed E-state index contributed by atoms with van der Waals surface area (Å²) >= 11 is 0. The van der Waals surface area contributed by atoms with Crippen LogP contribution in [0.25, 0.3) is 30.4 Å². The molecule has 0 saturated heterocycles. The highest BCUT2D eigenvalue weighted by atomic mass is 15.1. The number of hydrogen-bond donors (Lipinski definition) is 0. The molecule has 0 heterocycles. The monoisotopic (exact) mass is 898 g/mol. The van der Waals surface area contributed by atoms with Crippen LogP contribution in [0.2, 0.25) is 0 Å². The summed E-state index contributed by atoms with van der Waals surface area (Å²) in [6.07, 6.45) is 28.7. The van der Waals surface area contributed by atoms with E-state index in [1.807, 2.05) is 0 Å². The van der Waals surface area contributed by atoms with Crippen molar-refractivity contribution in [3.63, 3.8) is 0 Å². The molecule has 0 bridgehead atoms. The Kier molecular flexibility index (Phi) is 13.4. The van der Waals surface area contributed by atoms with Gasteiger partial charge in [-0.1, -0.05) is 217 Å². The molecule has 68 heavy (non-hydrogen) atoms. The van der Waals surface area contributed by atoms with Crippen molar-refractivity contribution in [2.75, 3.05) is 4.90 Å². The fourth-order valence-electron chi connectivity index (χ4n) is 10.6. The minimum absolute atomic E-state index is 0.0874. The van der Waals surface area contributed by atoms with Crippen molar-refractivity contribution in [3.8, 4) is 0 Å². The van der Waals surface area contributed by atoms with Crippen molar-refractivity contribution in [2.45, 2.75) is 150 Å². The Morgan fingerprint density at radius 3 is 1.12 bits per heavy atom. The molecule has 0 saturated carbocycles. The van der Waals surface area contributed by atoms with Gasteiger partial charge in [0.25, 0.3) is 0 Å². The summed E-state index contributed by atoms with van der Waals surface area (Å²) in [6, 6.07) is 41.2. The van der Waals surface area contributed by atoms with Crippen LogP contribution in [0.4, 0.5) is 17.1 Å². The van der Waals surface area contributed by atoms with E-state index >= 15 is 0 Å². The first-order chi connectivity index (χ1) is 32.0. The quantitative estimate of drug-likeness (QED) is 0.133. The molecule has 8 rings (SSSR count). The largest absolute Gasteiger partial charge is 0.311 e. The van der Waals surface area contributed by atoms with Crippen LogP contribution < -0.4 is 4.90 Å². The molecule has 5 aromatic carbocycles. The first kappa shape index (κ1) is 48.8. The third kappa shape index (κ3) is 10.9. The highest BCUT2D eigenvalue weighted by molar-refractivity contribution is 5.80. The normalized spacial score (nSPS) is 21.5. The molecule has 352 valence electrons. The molecule has 3 aliphatic rings. The number of benzene rings is 5. The van der Waals surface area contributed by atoms with Crippen molar-refractivity contribution in [1.29, 1.82) is 0 Å². The molecule has 0 radical (unpaired) electrons. The van der Waals surface area contributed by atoms with Gasteiger partial charge in [0.2, 0.25) is 0 Å². The molecule has 0 amide bonds. The number of allylic oxidation sites excluding steroid dienone is 6. The molecule has 3 aliphatic carbocycles. The fourth-order valence-corrected chi connectivity index (χ4v) is 10.6. The molecule has 0 aliphatic heterocycles. The second-order valence-electron chi connectivity index (χ2n) is 24.6. The summed E-state index contributed by atoms with van der Waals surface area (Å²) in [7, 11) is 0. The topological polar surface area (TPSA) is 3.24 Å². The molecule has 0 fully saturated rings. The lowest BCUT2D eigenvalue weighted by Gasteiger charge is -2.42. The second-order valence-corrected chi connectivity index (χ2v) is 24.6. The van der Waals surface area contributed by atoms with Crippen LogP contribution in [0.15, 0.2) is 151 Å². The van der Waals surface area contributed by atoms with E-state index in [-0.39, 0.29) is 32.5 Å². The Morgan fingerprint density at radius 1 is 0.368 bits per heavy atom. The van der Waals surface area contributed by atoms with Crippen LogP contribution in [0.5, 0.6) is 0 Å². The number of rotatable bonds is 9. The molecular weight excluding hydrogens is 819 g/mol. The van der Waals surface area contributed by atoms with E-state index in [9.17, 15) is 0 Å². The lowest BCUT2D eigenvalue weighted by atomic mass is 9.63. The van der Waals surface area contributed by atoms with Gasteiger partial charge in [0, 0.05) is 17.1 Å². The summed E-state index contributed by atoms with van der Waals surface area (Å²) in [5.74, 6) is 0. The molecule has 5 aromatic rings. The summed E-state index contributed by atoms with van der Waals surface area (Å²) in [5, 5.41) is 0. The summed E-state index contributed by atoms with van der Waals surface area (Å²) < 4.78 is 0. The Balaban J connectivity index is 1.07. The van der Waals surface area contributed by atoms with Crippen LogP contribution in [-0.4, -0.2) is 0 Å². The zero-order valence-corrected chi connectivity index (χ0v) is 43.7.